The molecule has 2 N–H and O–H groups in total. The number of aromatic amines is 1. The number of benzene rings is 1. The van der Waals surface area contributed by atoms with Crippen molar-refractivity contribution in [3.05, 3.63) is 52.5 Å². The second-order valence-corrected chi connectivity index (χ2v) is 8.59. The molecule has 2 heterocycles. The molecule has 0 aliphatic heterocycles. The van der Waals surface area contributed by atoms with Crippen molar-refractivity contribution >= 4 is 36.7 Å². The summed E-state index contributed by atoms with van der Waals surface area (Å²) in [5.41, 5.74) is 1.87. The van der Waals surface area contributed by atoms with Crippen LogP contribution < -0.4 is 0 Å². The minimum Gasteiger partial charge on any atom is -0.386 e. The first-order valence-electron chi connectivity index (χ1n) is 7.04. The van der Waals surface area contributed by atoms with Gasteiger partial charge in [0.2, 0.25) is 0 Å². The number of fused-ring (bicyclic) bond motifs is 1. The summed E-state index contributed by atoms with van der Waals surface area (Å²) in [6, 6.07) is 8.16. The third-order valence-electron chi connectivity index (χ3n) is 3.58. The number of nitrogens with one attached hydrogen (secondary N) is 1. The zero-order valence-corrected chi connectivity index (χ0v) is 15.0. The quantitative estimate of drug-likeness (QED) is 0.688. The highest BCUT2D eigenvalue weighted by molar-refractivity contribution is 9.10. The number of aliphatic hydroxyl groups excluding tert-OH is 1. The fourth-order valence-electron chi connectivity index (χ4n) is 2.62. The van der Waals surface area contributed by atoms with Crippen LogP contribution in [0.5, 0.6) is 0 Å². The molecule has 0 saturated carbocycles. The van der Waals surface area contributed by atoms with E-state index < -0.39 is 27.5 Å². The number of hydrogen-bond acceptors (Lipinski definition) is 4. The Bertz CT molecular complexity index is 1000. The van der Waals surface area contributed by atoms with Crippen LogP contribution in [0.3, 0.4) is 0 Å². The summed E-state index contributed by atoms with van der Waals surface area (Å²) >= 11 is 3.15. The maximum atomic E-state index is 13.8. The predicted octanol–water partition coefficient (Wildman–Crippen LogP) is 3.21. The van der Waals surface area contributed by atoms with Crippen LogP contribution in [0.25, 0.3) is 22.2 Å². The number of aliphatic hydroxyl groups is 1. The van der Waals surface area contributed by atoms with Crippen LogP contribution in [0.2, 0.25) is 0 Å². The molecule has 5 nitrogen and oxygen atoms in total. The summed E-state index contributed by atoms with van der Waals surface area (Å²) in [4.78, 5) is 7.21. The van der Waals surface area contributed by atoms with Gasteiger partial charge < -0.3 is 10.1 Å². The van der Waals surface area contributed by atoms with Crippen LogP contribution in [0, 0.1) is 5.82 Å². The van der Waals surface area contributed by atoms with E-state index in [1.807, 2.05) is 0 Å². The Labute approximate surface area is 146 Å². The Kier molecular flexibility index (Phi) is 4.46. The Balaban J connectivity index is 2.28. The number of hydrogen-bond donors (Lipinski definition) is 2. The summed E-state index contributed by atoms with van der Waals surface area (Å²) in [5.74, 6) is -0.899. The predicted molar refractivity (Wildman–Crippen MR) is 93.9 cm³/mol. The van der Waals surface area contributed by atoms with Gasteiger partial charge in [0.05, 0.1) is 21.6 Å². The number of aromatic nitrogens is 2. The van der Waals surface area contributed by atoms with Gasteiger partial charge >= 0.3 is 0 Å². The molecular formula is C16H14BrFN2O3S. The van der Waals surface area contributed by atoms with Crippen molar-refractivity contribution in [2.45, 2.75) is 6.10 Å². The summed E-state index contributed by atoms with van der Waals surface area (Å²) in [6.45, 7) is 0. The van der Waals surface area contributed by atoms with Gasteiger partial charge in [-0.3, -0.25) is 4.98 Å². The average molecular weight is 413 g/mol. The number of rotatable bonds is 4. The molecule has 3 aromatic rings. The summed E-state index contributed by atoms with van der Waals surface area (Å²) in [5, 5.41) is 11.0. The second kappa shape index (κ2) is 6.27. The van der Waals surface area contributed by atoms with Crippen molar-refractivity contribution in [3.63, 3.8) is 0 Å². The molecule has 0 aliphatic carbocycles. The average Bonchev–Trinajstić information content (AvgIpc) is 2.85. The SMILES string of the molecule is CS(=O)(=O)CC(O)c1[nH]c2cc(F)c(Br)cc2c1-c1ccccn1. The molecule has 2 aromatic heterocycles. The summed E-state index contributed by atoms with van der Waals surface area (Å²) < 4.78 is 37.2. The molecule has 0 fully saturated rings. The zero-order valence-electron chi connectivity index (χ0n) is 12.6. The van der Waals surface area contributed by atoms with Crippen molar-refractivity contribution in [1.82, 2.24) is 9.97 Å². The highest BCUT2D eigenvalue weighted by Crippen LogP contribution is 2.37. The van der Waals surface area contributed by atoms with Gasteiger partial charge in [-0.05, 0) is 40.2 Å². The van der Waals surface area contributed by atoms with E-state index >= 15 is 0 Å². The summed E-state index contributed by atoms with van der Waals surface area (Å²) in [6.07, 6.45) is 1.38. The molecule has 126 valence electrons. The van der Waals surface area contributed by atoms with E-state index in [1.165, 1.54) is 6.07 Å². The lowest BCUT2D eigenvalue weighted by atomic mass is 10.0. The number of H-pyrrole nitrogens is 1. The first kappa shape index (κ1) is 17.1. The lowest BCUT2D eigenvalue weighted by Gasteiger charge is -2.11. The molecule has 0 bridgehead atoms. The van der Waals surface area contributed by atoms with Gasteiger partial charge in [0, 0.05) is 28.9 Å². The smallest absolute Gasteiger partial charge is 0.150 e. The lowest BCUT2D eigenvalue weighted by molar-refractivity contribution is 0.198. The van der Waals surface area contributed by atoms with Crippen LogP contribution in [0.15, 0.2) is 41.0 Å². The third kappa shape index (κ3) is 3.35. The monoisotopic (exact) mass is 412 g/mol. The maximum absolute atomic E-state index is 13.8. The van der Waals surface area contributed by atoms with Crippen molar-refractivity contribution < 1.29 is 17.9 Å². The first-order chi connectivity index (χ1) is 11.3. The molecule has 1 aromatic carbocycles. The van der Waals surface area contributed by atoms with Gasteiger partial charge in [0.1, 0.15) is 21.8 Å². The maximum Gasteiger partial charge on any atom is 0.150 e. The topological polar surface area (TPSA) is 83.0 Å². The number of sulfone groups is 1. The van der Waals surface area contributed by atoms with Crippen LogP contribution in [0.1, 0.15) is 11.8 Å². The number of halogens is 2. The van der Waals surface area contributed by atoms with E-state index in [9.17, 15) is 17.9 Å². The minimum atomic E-state index is -3.40. The molecule has 0 radical (unpaired) electrons. The highest BCUT2D eigenvalue weighted by atomic mass is 79.9. The van der Waals surface area contributed by atoms with Gasteiger partial charge in [-0.25, -0.2) is 12.8 Å². The molecule has 0 spiro atoms. The van der Waals surface area contributed by atoms with Crippen LogP contribution in [0.4, 0.5) is 4.39 Å². The molecule has 1 atom stereocenters. The molecule has 0 saturated heterocycles. The second-order valence-electron chi connectivity index (χ2n) is 5.55. The molecule has 0 aliphatic rings. The molecule has 3 rings (SSSR count). The molecule has 0 amide bonds. The third-order valence-corrected chi connectivity index (χ3v) is 5.11. The summed E-state index contributed by atoms with van der Waals surface area (Å²) in [7, 11) is -3.40. The van der Waals surface area contributed by atoms with Gasteiger partial charge in [-0.1, -0.05) is 6.07 Å². The zero-order chi connectivity index (χ0) is 17.5. The normalized spacial score (nSPS) is 13.3. The van der Waals surface area contributed by atoms with E-state index in [2.05, 4.69) is 25.9 Å². The fraction of sp³-hybridized carbons (Fsp3) is 0.188. The Morgan fingerprint density at radius 2 is 2.12 bits per heavy atom. The van der Waals surface area contributed by atoms with E-state index in [4.69, 9.17) is 0 Å². The van der Waals surface area contributed by atoms with E-state index in [0.29, 0.717) is 27.9 Å². The van der Waals surface area contributed by atoms with Crippen molar-refractivity contribution in [2.75, 3.05) is 12.0 Å². The van der Waals surface area contributed by atoms with Crippen molar-refractivity contribution in [2.24, 2.45) is 0 Å². The van der Waals surface area contributed by atoms with Gasteiger partial charge in [0.15, 0.2) is 0 Å². The Morgan fingerprint density at radius 3 is 2.75 bits per heavy atom. The van der Waals surface area contributed by atoms with Gasteiger partial charge in [-0.15, -0.1) is 0 Å². The lowest BCUT2D eigenvalue weighted by Crippen LogP contribution is -2.13. The standard InChI is InChI=1S/C16H14BrFN2O3S/c1-24(22,23)8-14(21)16-15(12-4-2-3-5-19-12)9-6-10(17)11(18)7-13(9)20-16/h2-7,14,20-21H,8H2,1H3. The molecular weight excluding hydrogens is 399 g/mol. The van der Waals surface area contributed by atoms with Gasteiger partial charge in [-0.2, -0.15) is 0 Å². The Hall–Kier alpha value is -1.77. The first-order valence-corrected chi connectivity index (χ1v) is 9.89. The van der Waals surface area contributed by atoms with E-state index in [-0.39, 0.29) is 4.47 Å². The van der Waals surface area contributed by atoms with Crippen molar-refractivity contribution in [3.8, 4) is 11.3 Å². The van der Waals surface area contributed by atoms with Crippen LogP contribution >= 0.6 is 15.9 Å². The highest BCUT2D eigenvalue weighted by Gasteiger charge is 2.24. The molecule has 8 heteroatoms. The minimum absolute atomic E-state index is 0.273. The largest absolute Gasteiger partial charge is 0.386 e. The van der Waals surface area contributed by atoms with E-state index in [0.717, 1.165) is 6.26 Å². The van der Waals surface area contributed by atoms with Crippen LogP contribution in [-0.2, 0) is 9.84 Å². The number of nitrogens with zero attached hydrogens (tertiary/aromatic N) is 1. The fourth-order valence-corrected chi connectivity index (χ4v) is 3.70. The molecule has 1 unspecified atom stereocenters. The molecule has 24 heavy (non-hydrogen) atoms. The van der Waals surface area contributed by atoms with E-state index in [1.54, 1.807) is 30.5 Å². The van der Waals surface area contributed by atoms with Crippen LogP contribution in [-0.4, -0.2) is 35.5 Å². The Morgan fingerprint density at radius 1 is 1.38 bits per heavy atom. The number of pyridine rings is 1. The van der Waals surface area contributed by atoms with Crippen molar-refractivity contribution in [1.29, 1.82) is 0 Å². The van der Waals surface area contributed by atoms with Gasteiger partial charge in [0.25, 0.3) is 0 Å².